The second-order valence-corrected chi connectivity index (χ2v) is 11.2. The van der Waals surface area contributed by atoms with Crippen LogP contribution in [0, 0.1) is 5.92 Å². The van der Waals surface area contributed by atoms with Gasteiger partial charge in [0.2, 0.25) is 5.91 Å². The highest BCUT2D eigenvalue weighted by molar-refractivity contribution is 6.10. The van der Waals surface area contributed by atoms with Crippen LogP contribution in [0.2, 0.25) is 0 Å². The first-order valence-corrected chi connectivity index (χ1v) is 13.3. The van der Waals surface area contributed by atoms with Gasteiger partial charge in [0.1, 0.15) is 17.4 Å². The monoisotopic (exact) mass is 485 g/mol. The molecule has 7 heteroatoms. The van der Waals surface area contributed by atoms with Crippen molar-refractivity contribution >= 4 is 17.7 Å². The average molecular weight is 486 g/mol. The third kappa shape index (κ3) is 3.32. The number of nitrogens with one attached hydrogen (secondary N) is 1. The normalized spacial score (nSPS) is 33.4. The number of fused-ring (bicyclic) bond motifs is 3. The van der Waals surface area contributed by atoms with E-state index in [1.807, 2.05) is 18.2 Å². The first kappa shape index (κ1) is 22.0. The first-order valence-electron chi connectivity index (χ1n) is 13.3. The van der Waals surface area contributed by atoms with Crippen LogP contribution in [-0.4, -0.2) is 58.3 Å². The maximum Gasteiger partial charge on any atom is 0.255 e. The molecule has 2 bridgehead atoms. The molecule has 2 saturated carbocycles. The number of ether oxygens (including phenoxy) is 1. The Kier molecular flexibility index (Phi) is 5.00. The molecule has 7 nitrogen and oxygen atoms in total. The Labute approximate surface area is 210 Å². The van der Waals surface area contributed by atoms with Gasteiger partial charge in [0.15, 0.2) is 0 Å². The number of imide groups is 1. The first-order chi connectivity index (χ1) is 17.5. The number of amides is 3. The van der Waals surface area contributed by atoms with Gasteiger partial charge < -0.3 is 9.64 Å². The molecule has 2 aliphatic carbocycles. The smallest absolute Gasteiger partial charge is 0.255 e. The van der Waals surface area contributed by atoms with Crippen LogP contribution in [0.1, 0.15) is 65.9 Å². The summed E-state index contributed by atoms with van der Waals surface area (Å²) in [5.41, 5.74) is 2.09. The molecule has 0 radical (unpaired) electrons. The Morgan fingerprint density at radius 3 is 2.58 bits per heavy atom. The summed E-state index contributed by atoms with van der Waals surface area (Å²) in [5.74, 6) is 0.557. The van der Waals surface area contributed by atoms with Crippen LogP contribution in [0.3, 0.4) is 0 Å². The highest BCUT2D eigenvalue weighted by atomic mass is 16.5. The molecule has 0 spiro atoms. The van der Waals surface area contributed by atoms with E-state index in [1.54, 1.807) is 4.90 Å². The minimum Gasteiger partial charge on any atom is -0.489 e. The van der Waals surface area contributed by atoms with Crippen molar-refractivity contribution in [2.75, 3.05) is 13.1 Å². The number of nitrogens with zero attached hydrogens (tertiary/aromatic N) is 2. The summed E-state index contributed by atoms with van der Waals surface area (Å²) in [4.78, 5) is 42.0. The van der Waals surface area contributed by atoms with E-state index in [-0.39, 0.29) is 29.7 Å². The molecule has 5 fully saturated rings. The lowest BCUT2D eigenvalue weighted by molar-refractivity contribution is -0.160. The number of benzene rings is 2. The van der Waals surface area contributed by atoms with Gasteiger partial charge in [-0.3, -0.25) is 24.6 Å². The number of hydrogen-bond donors (Lipinski definition) is 1. The molecular formula is C29H31N3O4. The lowest BCUT2D eigenvalue weighted by Crippen LogP contribution is -2.73. The zero-order valence-electron chi connectivity index (χ0n) is 20.3. The van der Waals surface area contributed by atoms with Crippen molar-refractivity contribution in [1.29, 1.82) is 0 Å². The predicted molar refractivity (Wildman–Crippen MR) is 132 cm³/mol. The maximum absolute atomic E-state index is 13.2. The van der Waals surface area contributed by atoms with Crippen LogP contribution in [0.25, 0.3) is 0 Å². The molecule has 8 rings (SSSR count). The van der Waals surface area contributed by atoms with Gasteiger partial charge in [-0.05, 0) is 80.3 Å². The van der Waals surface area contributed by atoms with Crippen LogP contribution in [0.4, 0.5) is 0 Å². The predicted octanol–water partition coefficient (Wildman–Crippen LogP) is 3.24. The largest absolute Gasteiger partial charge is 0.489 e. The lowest BCUT2D eigenvalue weighted by atomic mass is 9.63. The number of hydrogen-bond acceptors (Lipinski definition) is 5. The van der Waals surface area contributed by atoms with E-state index in [0.717, 1.165) is 43.7 Å². The Morgan fingerprint density at radius 2 is 1.78 bits per heavy atom. The minimum absolute atomic E-state index is 0.123. The number of rotatable bonds is 5. The highest BCUT2D eigenvalue weighted by Crippen LogP contribution is 2.49. The summed E-state index contributed by atoms with van der Waals surface area (Å²) in [7, 11) is 0. The highest BCUT2D eigenvalue weighted by Gasteiger charge is 2.63. The fraction of sp³-hybridized carbons (Fsp3) is 0.483. The summed E-state index contributed by atoms with van der Waals surface area (Å²) < 4.78 is 6.56. The zero-order chi connectivity index (χ0) is 24.4. The Hall–Kier alpha value is -3.19. The van der Waals surface area contributed by atoms with Crippen molar-refractivity contribution in [1.82, 2.24) is 15.1 Å². The van der Waals surface area contributed by atoms with Crippen molar-refractivity contribution in [3.63, 3.8) is 0 Å². The Morgan fingerprint density at radius 1 is 0.944 bits per heavy atom. The lowest BCUT2D eigenvalue weighted by Gasteiger charge is -2.53. The van der Waals surface area contributed by atoms with Crippen molar-refractivity contribution in [2.45, 2.75) is 68.7 Å². The van der Waals surface area contributed by atoms with E-state index in [1.165, 1.54) is 12.0 Å². The van der Waals surface area contributed by atoms with E-state index in [0.29, 0.717) is 36.9 Å². The van der Waals surface area contributed by atoms with Gasteiger partial charge in [-0.25, -0.2) is 0 Å². The van der Waals surface area contributed by atoms with Gasteiger partial charge in [-0.15, -0.1) is 0 Å². The molecule has 3 saturated heterocycles. The molecule has 2 aromatic rings. The van der Waals surface area contributed by atoms with Gasteiger partial charge in [-0.1, -0.05) is 30.3 Å². The molecular weight excluding hydrogens is 454 g/mol. The van der Waals surface area contributed by atoms with Crippen molar-refractivity contribution < 1.29 is 19.1 Å². The molecule has 0 aromatic heterocycles. The van der Waals surface area contributed by atoms with E-state index < -0.39 is 5.54 Å². The number of likely N-dealkylation sites (tertiary alicyclic amines) is 1. The van der Waals surface area contributed by atoms with Gasteiger partial charge in [0.05, 0.1) is 0 Å². The Bertz CT molecular complexity index is 1240. The zero-order valence-corrected chi connectivity index (χ0v) is 20.3. The fourth-order valence-electron chi connectivity index (χ4n) is 7.24. The number of piperidine rings is 2. The van der Waals surface area contributed by atoms with E-state index in [9.17, 15) is 14.4 Å². The van der Waals surface area contributed by atoms with Gasteiger partial charge >= 0.3 is 0 Å². The molecule has 36 heavy (non-hydrogen) atoms. The topological polar surface area (TPSA) is 79.0 Å². The summed E-state index contributed by atoms with van der Waals surface area (Å²) >= 11 is 0. The second kappa shape index (κ2) is 8.17. The van der Waals surface area contributed by atoms with E-state index in [4.69, 9.17) is 4.74 Å². The minimum atomic E-state index is -0.878. The molecule has 3 atom stereocenters. The average Bonchev–Trinajstić information content (AvgIpc) is 3.58. The van der Waals surface area contributed by atoms with Crippen LogP contribution < -0.4 is 10.1 Å². The third-order valence-electron chi connectivity index (χ3n) is 9.26. The Balaban J connectivity index is 1.04. The SMILES string of the molecule is O=C1NC(=O)C2(N3Cc4cc(O[C@@H]5CCC[C@@H]5N5CC[C@H](c6ccccc6)C5)ccc4C3=O)CC1C2. The van der Waals surface area contributed by atoms with Crippen LogP contribution in [0.5, 0.6) is 5.75 Å². The number of carbonyl (C=O) groups is 3. The quantitative estimate of drug-likeness (QED) is 0.658. The molecule has 2 aromatic carbocycles. The molecule has 6 aliphatic rings. The molecule has 4 heterocycles. The summed E-state index contributed by atoms with van der Waals surface area (Å²) in [5, 5.41) is 2.45. The van der Waals surface area contributed by atoms with Crippen molar-refractivity contribution in [3.05, 3.63) is 65.2 Å². The fourth-order valence-corrected chi connectivity index (χ4v) is 7.24. The summed E-state index contributed by atoms with van der Waals surface area (Å²) in [6.45, 7) is 2.57. The van der Waals surface area contributed by atoms with E-state index >= 15 is 0 Å². The van der Waals surface area contributed by atoms with Crippen LogP contribution >= 0.6 is 0 Å². The number of carbonyl (C=O) groups excluding carboxylic acids is 3. The molecule has 186 valence electrons. The standard InChI is InChI=1S/C29H31N3O4/c33-26-21-14-29(15-21,28(35)30-26)32-17-20-13-22(9-10-23(20)27(32)34)36-25-8-4-7-24(25)31-12-11-19(16-31)18-5-2-1-3-6-18/h1-3,5-6,9-10,13,19,21,24-25H,4,7-8,11-12,14-17H2,(H,30,33,35)/t19-,21?,24-,25+,29?/m0/s1. The van der Waals surface area contributed by atoms with Gasteiger partial charge in [0.25, 0.3) is 11.8 Å². The molecule has 1 N–H and O–H groups in total. The summed E-state index contributed by atoms with van der Waals surface area (Å²) in [6, 6.07) is 17.0. The van der Waals surface area contributed by atoms with E-state index in [2.05, 4.69) is 40.5 Å². The van der Waals surface area contributed by atoms with Gasteiger partial charge in [-0.2, -0.15) is 0 Å². The van der Waals surface area contributed by atoms with Crippen molar-refractivity contribution in [2.24, 2.45) is 5.92 Å². The van der Waals surface area contributed by atoms with Gasteiger partial charge in [0, 0.05) is 30.6 Å². The summed E-state index contributed by atoms with van der Waals surface area (Å²) in [6.07, 6.45) is 5.56. The maximum atomic E-state index is 13.2. The van der Waals surface area contributed by atoms with Crippen LogP contribution in [-0.2, 0) is 16.1 Å². The van der Waals surface area contributed by atoms with Crippen molar-refractivity contribution in [3.8, 4) is 5.75 Å². The second-order valence-electron chi connectivity index (χ2n) is 11.2. The molecule has 3 amide bonds. The van der Waals surface area contributed by atoms with Crippen LogP contribution in [0.15, 0.2) is 48.5 Å². The molecule has 0 unspecified atom stereocenters. The third-order valence-corrected chi connectivity index (χ3v) is 9.26. The molecule has 4 aliphatic heterocycles.